The average molecular weight is 349 g/mol. The fraction of sp³-hybridized carbons (Fsp3) is 0.167. The van der Waals surface area contributed by atoms with Crippen LogP contribution in [0.4, 0.5) is 5.13 Å². The van der Waals surface area contributed by atoms with Crippen molar-refractivity contribution in [2.24, 2.45) is 0 Å². The number of nitrogens with one attached hydrogen (secondary N) is 1. The van der Waals surface area contributed by atoms with Gasteiger partial charge in [-0.15, -0.1) is 11.3 Å². The Hall–Kier alpha value is -3.29. The molecule has 0 aliphatic rings. The number of allylic oxidation sites excluding steroid dienone is 1. The van der Waals surface area contributed by atoms with Crippen LogP contribution in [0.2, 0.25) is 0 Å². The molecule has 0 aliphatic heterocycles. The van der Waals surface area contributed by atoms with Crippen molar-refractivity contribution in [3.8, 4) is 23.4 Å². The van der Waals surface area contributed by atoms with Crippen molar-refractivity contribution in [1.29, 1.82) is 10.5 Å². The van der Waals surface area contributed by atoms with Gasteiger partial charge in [-0.3, -0.25) is 0 Å². The first-order chi connectivity index (χ1) is 12.1. The Kier molecular flexibility index (Phi) is 4.69. The van der Waals surface area contributed by atoms with Crippen molar-refractivity contribution >= 4 is 16.5 Å². The molecule has 0 saturated heterocycles. The van der Waals surface area contributed by atoms with Gasteiger partial charge in [-0.25, -0.2) is 4.98 Å². The zero-order valence-corrected chi connectivity index (χ0v) is 14.6. The Balaban J connectivity index is 1.85. The molecule has 0 radical (unpaired) electrons. The molecule has 3 rings (SSSR count). The maximum absolute atomic E-state index is 8.75. The van der Waals surface area contributed by atoms with Gasteiger partial charge in [0, 0.05) is 28.5 Å². The molecule has 0 amide bonds. The van der Waals surface area contributed by atoms with Crippen LogP contribution in [0.15, 0.2) is 46.0 Å². The minimum Gasteiger partial charge on any atom is -0.467 e. The van der Waals surface area contributed by atoms with Gasteiger partial charge in [0.15, 0.2) is 5.13 Å². The molecule has 6 nitrogen and oxygen atoms in total. The summed E-state index contributed by atoms with van der Waals surface area (Å²) in [4.78, 5) is 4.54. The molecule has 3 aromatic heterocycles. The maximum atomic E-state index is 8.75. The van der Waals surface area contributed by atoms with Gasteiger partial charge >= 0.3 is 0 Å². The third-order valence-electron chi connectivity index (χ3n) is 3.83. The van der Waals surface area contributed by atoms with Gasteiger partial charge in [0.25, 0.3) is 0 Å². The van der Waals surface area contributed by atoms with Crippen molar-refractivity contribution in [3.63, 3.8) is 0 Å². The highest BCUT2D eigenvalue weighted by atomic mass is 32.1. The molecule has 124 valence electrons. The van der Waals surface area contributed by atoms with E-state index in [1.54, 1.807) is 18.4 Å². The van der Waals surface area contributed by atoms with E-state index < -0.39 is 0 Å². The van der Waals surface area contributed by atoms with Gasteiger partial charge in [-0.1, -0.05) is 0 Å². The highest BCUT2D eigenvalue weighted by Gasteiger charge is 2.14. The van der Waals surface area contributed by atoms with Gasteiger partial charge < -0.3 is 14.3 Å². The monoisotopic (exact) mass is 349 g/mol. The smallest absolute Gasteiger partial charge is 0.187 e. The quantitative estimate of drug-likeness (QED) is 0.697. The van der Waals surface area contributed by atoms with Crippen LogP contribution in [0.25, 0.3) is 11.3 Å². The van der Waals surface area contributed by atoms with E-state index in [-0.39, 0.29) is 5.57 Å². The van der Waals surface area contributed by atoms with Crippen molar-refractivity contribution in [3.05, 3.63) is 58.8 Å². The molecular weight excluding hydrogens is 334 g/mol. The third kappa shape index (κ3) is 3.47. The summed E-state index contributed by atoms with van der Waals surface area (Å²) in [7, 11) is 0. The van der Waals surface area contributed by atoms with E-state index in [1.807, 2.05) is 17.5 Å². The molecule has 0 saturated carbocycles. The van der Waals surface area contributed by atoms with E-state index in [2.05, 4.69) is 34.8 Å². The van der Waals surface area contributed by atoms with Crippen molar-refractivity contribution in [1.82, 2.24) is 9.55 Å². The summed E-state index contributed by atoms with van der Waals surface area (Å²) >= 11 is 1.42. The number of thiazole rings is 1. The highest BCUT2D eigenvalue weighted by molar-refractivity contribution is 7.14. The number of hydrogen-bond acceptors (Lipinski definition) is 6. The molecule has 0 bridgehead atoms. The molecule has 25 heavy (non-hydrogen) atoms. The minimum absolute atomic E-state index is 0.00776. The summed E-state index contributed by atoms with van der Waals surface area (Å²) in [5.41, 5.74) is 4.15. The van der Waals surface area contributed by atoms with E-state index in [9.17, 15) is 0 Å². The lowest BCUT2D eigenvalue weighted by molar-refractivity contribution is 0.489. The number of aryl methyl sites for hydroxylation is 1. The Bertz CT molecular complexity index is 980. The number of furan rings is 1. The number of aromatic nitrogens is 2. The van der Waals surface area contributed by atoms with Gasteiger partial charge in [0.1, 0.15) is 23.5 Å². The first-order valence-corrected chi connectivity index (χ1v) is 8.42. The SMILES string of the molecule is Cc1cc(-c2csc(NC=C(C#N)C#N)n2)c(C)n1Cc1ccco1. The fourth-order valence-corrected chi connectivity index (χ4v) is 3.23. The Morgan fingerprint density at radius 1 is 1.40 bits per heavy atom. The average Bonchev–Trinajstić information content (AvgIpc) is 3.34. The predicted molar refractivity (Wildman–Crippen MR) is 95.8 cm³/mol. The summed E-state index contributed by atoms with van der Waals surface area (Å²) in [6.45, 7) is 4.79. The summed E-state index contributed by atoms with van der Waals surface area (Å²) in [5, 5.41) is 23.0. The van der Waals surface area contributed by atoms with E-state index in [0.29, 0.717) is 11.7 Å². The summed E-state index contributed by atoms with van der Waals surface area (Å²) in [6, 6.07) is 9.55. The topological polar surface area (TPSA) is 90.6 Å². The van der Waals surface area contributed by atoms with Crippen molar-refractivity contribution < 1.29 is 4.42 Å². The minimum atomic E-state index is 0.00776. The second-order valence-corrected chi connectivity index (χ2v) is 6.27. The molecule has 0 atom stereocenters. The van der Waals surface area contributed by atoms with Crippen LogP contribution < -0.4 is 5.32 Å². The van der Waals surface area contributed by atoms with Crippen LogP contribution >= 0.6 is 11.3 Å². The van der Waals surface area contributed by atoms with E-state index in [0.717, 1.165) is 28.4 Å². The highest BCUT2D eigenvalue weighted by Crippen LogP contribution is 2.30. The van der Waals surface area contributed by atoms with Gasteiger partial charge in [-0.2, -0.15) is 10.5 Å². The molecule has 3 aromatic rings. The van der Waals surface area contributed by atoms with Crippen molar-refractivity contribution in [2.45, 2.75) is 20.4 Å². The first kappa shape index (κ1) is 16.6. The predicted octanol–water partition coefficient (Wildman–Crippen LogP) is 4.21. The van der Waals surface area contributed by atoms with Crippen molar-refractivity contribution in [2.75, 3.05) is 5.32 Å². The van der Waals surface area contributed by atoms with Crippen LogP contribution in [-0.2, 0) is 6.54 Å². The van der Waals surface area contributed by atoms with E-state index in [1.165, 1.54) is 17.5 Å². The van der Waals surface area contributed by atoms with E-state index in [4.69, 9.17) is 14.9 Å². The molecule has 7 heteroatoms. The van der Waals surface area contributed by atoms with Crippen LogP contribution in [-0.4, -0.2) is 9.55 Å². The second kappa shape index (κ2) is 7.08. The summed E-state index contributed by atoms with van der Waals surface area (Å²) in [6.07, 6.45) is 3.04. The van der Waals surface area contributed by atoms with Crippen LogP contribution in [0, 0.1) is 36.5 Å². The van der Waals surface area contributed by atoms with Gasteiger partial charge in [0.05, 0.1) is 18.5 Å². The van der Waals surface area contributed by atoms with E-state index >= 15 is 0 Å². The number of nitriles is 2. The molecular formula is C18H15N5OS. The largest absolute Gasteiger partial charge is 0.467 e. The molecule has 0 unspecified atom stereocenters. The Morgan fingerprint density at radius 3 is 2.88 bits per heavy atom. The standard InChI is InChI=1S/C18H15N5OS/c1-12-6-16(13(2)23(12)10-15-4-3-5-24-15)17-11-25-18(22-17)21-9-14(7-19)8-20/h3-6,9,11H,10H2,1-2H3,(H,21,22). The van der Waals surface area contributed by atoms with Gasteiger partial charge in [0.2, 0.25) is 0 Å². The lowest BCUT2D eigenvalue weighted by atomic mass is 10.2. The second-order valence-electron chi connectivity index (χ2n) is 5.41. The summed E-state index contributed by atoms with van der Waals surface area (Å²) in [5.74, 6) is 0.902. The Labute approximate surface area is 149 Å². The molecule has 0 aliphatic carbocycles. The third-order valence-corrected chi connectivity index (χ3v) is 4.60. The zero-order chi connectivity index (χ0) is 17.8. The number of rotatable bonds is 5. The molecule has 1 N–H and O–H groups in total. The summed E-state index contributed by atoms with van der Waals surface area (Å²) < 4.78 is 7.62. The number of anilines is 1. The molecule has 0 spiro atoms. The number of hydrogen-bond donors (Lipinski definition) is 1. The first-order valence-electron chi connectivity index (χ1n) is 7.54. The lowest BCUT2D eigenvalue weighted by Gasteiger charge is -2.07. The molecule has 0 fully saturated rings. The zero-order valence-electron chi connectivity index (χ0n) is 13.8. The molecule has 0 aromatic carbocycles. The van der Waals surface area contributed by atoms with Crippen LogP contribution in [0.5, 0.6) is 0 Å². The lowest BCUT2D eigenvalue weighted by Crippen LogP contribution is -2.02. The molecule has 3 heterocycles. The normalized spacial score (nSPS) is 10.1. The van der Waals surface area contributed by atoms with Crippen LogP contribution in [0.3, 0.4) is 0 Å². The Morgan fingerprint density at radius 2 is 2.20 bits per heavy atom. The fourth-order valence-electron chi connectivity index (χ4n) is 2.55. The maximum Gasteiger partial charge on any atom is 0.187 e. The van der Waals surface area contributed by atoms with Gasteiger partial charge in [-0.05, 0) is 32.0 Å². The van der Waals surface area contributed by atoms with Crippen LogP contribution in [0.1, 0.15) is 17.1 Å². The number of nitrogens with zero attached hydrogens (tertiary/aromatic N) is 4.